The van der Waals surface area contributed by atoms with E-state index in [1.54, 1.807) is 11.1 Å². The SMILES string of the molecule is O=C(C1CC(F)(F)C1)N1CCCC(c2cnc3cnc4[nH]ccc4n23)C1. The molecule has 0 radical (unpaired) electrons. The van der Waals surface area contributed by atoms with Crippen molar-refractivity contribution in [2.24, 2.45) is 5.92 Å². The number of alkyl halides is 2. The number of amides is 1. The summed E-state index contributed by atoms with van der Waals surface area (Å²) in [7, 11) is 0. The number of rotatable bonds is 2. The van der Waals surface area contributed by atoms with Gasteiger partial charge in [0, 0.05) is 55.9 Å². The Morgan fingerprint density at radius 1 is 1.27 bits per heavy atom. The average molecular weight is 359 g/mol. The molecule has 3 aromatic heterocycles. The van der Waals surface area contributed by atoms with E-state index in [9.17, 15) is 13.6 Å². The minimum Gasteiger partial charge on any atom is -0.345 e. The molecule has 1 atom stereocenters. The molecule has 5 rings (SSSR count). The highest BCUT2D eigenvalue weighted by Crippen LogP contribution is 2.43. The van der Waals surface area contributed by atoms with Gasteiger partial charge in [-0.25, -0.2) is 18.7 Å². The van der Waals surface area contributed by atoms with Gasteiger partial charge in [0.1, 0.15) is 0 Å². The number of nitrogens with one attached hydrogen (secondary N) is 1. The fraction of sp³-hybridized carbons (Fsp3) is 0.500. The van der Waals surface area contributed by atoms with Crippen LogP contribution in [0.1, 0.15) is 37.3 Å². The lowest BCUT2D eigenvalue weighted by atomic mass is 9.79. The summed E-state index contributed by atoms with van der Waals surface area (Å²) < 4.78 is 28.3. The van der Waals surface area contributed by atoms with Gasteiger partial charge in [0.25, 0.3) is 0 Å². The van der Waals surface area contributed by atoms with E-state index in [0.717, 1.165) is 35.3 Å². The number of fused-ring (bicyclic) bond motifs is 3. The number of halogens is 2. The van der Waals surface area contributed by atoms with Gasteiger partial charge in [-0.2, -0.15) is 0 Å². The number of piperidine rings is 1. The summed E-state index contributed by atoms with van der Waals surface area (Å²) in [5, 5.41) is 0. The monoisotopic (exact) mass is 359 g/mol. The highest BCUT2D eigenvalue weighted by atomic mass is 19.3. The first kappa shape index (κ1) is 15.7. The fourth-order valence-corrected chi connectivity index (χ4v) is 4.29. The molecule has 8 heteroatoms. The van der Waals surface area contributed by atoms with Crippen LogP contribution in [-0.4, -0.2) is 49.2 Å². The minimum atomic E-state index is -2.66. The Kier molecular flexibility index (Phi) is 3.32. The summed E-state index contributed by atoms with van der Waals surface area (Å²) in [5.41, 5.74) is 3.56. The van der Waals surface area contributed by atoms with Gasteiger partial charge in [0.05, 0.1) is 11.7 Å². The topological polar surface area (TPSA) is 66.3 Å². The molecule has 1 aliphatic carbocycles. The maximum Gasteiger partial charge on any atom is 0.249 e. The van der Waals surface area contributed by atoms with Crippen LogP contribution in [0.3, 0.4) is 0 Å². The Hall–Kier alpha value is -2.51. The van der Waals surface area contributed by atoms with Crippen molar-refractivity contribution >= 4 is 22.7 Å². The predicted molar refractivity (Wildman–Crippen MR) is 91.1 cm³/mol. The van der Waals surface area contributed by atoms with Gasteiger partial charge >= 0.3 is 0 Å². The lowest BCUT2D eigenvalue weighted by Gasteiger charge is -2.40. The largest absolute Gasteiger partial charge is 0.345 e. The third kappa shape index (κ3) is 2.39. The van der Waals surface area contributed by atoms with Crippen molar-refractivity contribution < 1.29 is 13.6 Å². The first-order chi connectivity index (χ1) is 12.5. The van der Waals surface area contributed by atoms with Crippen LogP contribution >= 0.6 is 0 Å². The quantitative estimate of drug-likeness (QED) is 0.765. The molecule has 6 nitrogen and oxygen atoms in total. The van der Waals surface area contributed by atoms with Crippen molar-refractivity contribution in [2.45, 2.75) is 37.5 Å². The zero-order valence-corrected chi connectivity index (χ0v) is 14.2. The zero-order valence-electron chi connectivity index (χ0n) is 14.2. The standard InChI is InChI=1S/C18H19F2N5O/c19-18(20)6-12(7-18)17(26)24-5-1-2-11(10-24)14-8-22-15-9-23-16-13(25(14)15)3-4-21-16/h3-4,8-9,11-12,21H,1-2,5-7,10H2. The summed E-state index contributed by atoms with van der Waals surface area (Å²) in [5.74, 6) is -3.16. The zero-order chi connectivity index (χ0) is 17.9. The van der Waals surface area contributed by atoms with E-state index in [2.05, 4.69) is 19.4 Å². The Bertz CT molecular complexity index is 986. The molecule has 1 amide bonds. The summed E-state index contributed by atoms with van der Waals surface area (Å²) in [6, 6.07) is 1.96. The third-order valence-corrected chi connectivity index (χ3v) is 5.66. The molecule has 1 saturated heterocycles. The van der Waals surface area contributed by atoms with Crippen molar-refractivity contribution in [3.05, 3.63) is 30.4 Å². The van der Waals surface area contributed by atoms with Crippen LogP contribution in [0.2, 0.25) is 0 Å². The lowest BCUT2D eigenvalue weighted by molar-refractivity contribution is -0.160. The molecule has 0 bridgehead atoms. The van der Waals surface area contributed by atoms with Crippen molar-refractivity contribution in [1.82, 2.24) is 24.3 Å². The van der Waals surface area contributed by atoms with E-state index < -0.39 is 11.8 Å². The Labute approximate surface area is 148 Å². The van der Waals surface area contributed by atoms with Crippen molar-refractivity contribution in [3.8, 4) is 0 Å². The van der Waals surface area contributed by atoms with Gasteiger partial charge in [-0.15, -0.1) is 0 Å². The van der Waals surface area contributed by atoms with Crippen molar-refractivity contribution in [1.29, 1.82) is 0 Å². The highest BCUT2D eigenvalue weighted by molar-refractivity contribution is 5.80. The molecule has 1 unspecified atom stereocenters. The number of likely N-dealkylation sites (tertiary alicyclic amines) is 1. The van der Waals surface area contributed by atoms with E-state index in [4.69, 9.17) is 0 Å². The number of hydrogen-bond acceptors (Lipinski definition) is 3. The molecule has 4 heterocycles. The second-order valence-electron chi connectivity index (χ2n) is 7.43. The Morgan fingerprint density at radius 2 is 2.12 bits per heavy atom. The second-order valence-corrected chi connectivity index (χ2v) is 7.43. The molecule has 1 saturated carbocycles. The molecule has 1 N–H and O–H groups in total. The van der Waals surface area contributed by atoms with Crippen LogP contribution in [-0.2, 0) is 4.79 Å². The maximum absolute atomic E-state index is 13.1. The molecular weight excluding hydrogens is 340 g/mol. The first-order valence-electron chi connectivity index (χ1n) is 8.98. The highest BCUT2D eigenvalue weighted by Gasteiger charge is 2.50. The van der Waals surface area contributed by atoms with Crippen molar-refractivity contribution in [2.75, 3.05) is 13.1 Å². The average Bonchev–Trinajstić information content (AvgIpc) is 3.24. The van der Waals surface area contributed by atoms with Gasteiger partial charge in [0.2, 0.25) is 11.8 Å². The van der Waals surface area contributed by atoms with E-state index in [1.807, 2.05) is 18.5 Å². The lowest BCUT2D eigenvalue weighted by Crippen LogP contribution is -2.49. The minimum absolute atomic E-state index is 0.122. The van der Waals surface area contributed by atoms with E-state index in [1.165, 1.54) is 0 Å². The molecule has 26 heavy (non-hydrogen) atoms. The molecule has 136 valence electrons. The molecule has 2 aliphatic rings. The second kappa shape index (κ2) is 5.49. The van der Waals surface area contributed by atoms with Gasteiger partial charge < -0.3 is 9.88 Å². The van der Waals surface area contributed by atoms with Crippen LogP contribution < -0.4 is 0 Å². The Morgan fingerprint density at radius 3 is 2.92 bits per heavy atom. The molecular formula is C18H19F2N5O. The van der Waals surface area contributed by atoms with E-state index >= 15 is 0 Å². The molecule has 0 aromatic carbocycles. The number of carbonyl (C=O) groups excluding carboxylic acids is 1. The van der Waals surface area contributed by atoms with Gasteiger partial charge in [-0.05, 0) is 18.9 Å². The third-order valence-electron chi connectivity index (χ3n) is 5.66. The number of nitrogens with zero attached hydrogens (tertiary/aromatic N) is 4. The van der Waals surface area contributed by atoms with Crippen molar-refractivity contribution in [3.63, 3.8) is 0 Å². The summed E-state index contributed by atoms with van der Waals surface area (Å²) in [6.45, 7) is 1.21. The summed E-state index contributed by atoms with van der Waals surface area (Å²) in [4.78, 5) is 26.3. The van der Waals surface area contributed by atoms with E-state index in [0.29, 0.717) is 13.1 Å². The normalized spacial score (nSPS) is 23.5. The van der Waals surface area contributed by atoms with Crippen LogP contribution in [0, 0.1) is 5.92 Å². The number of aromatic nitrogens is 4. The first-order valence-corrected chi connectivity index (χ1v) is 8.98. The summed E-state index contributed by atoms with van der Waals surface area (Å²) >= 11 is 0. The molecule has 3 aromatic rings. The number of hydrogen-bond donors (Lipinski definition) is 1. The van der Waals surface area contributed by atoms with Gasteiger partial charge in [-0.1, -0.05) is 0 Å². The number of aromatic amines is 1. The number of H-pyrrole nitrogens is 1. The van der Waals surface area contributed by atoms with Gasteiger partial charge in [-0.3, -0.25) is 9.20 Å². The van der Waals surface area contributed by atoms with E-state index in [-0.39, 0.29) is 24.7 Å². The molecule has 0 spiro atoms. The summed E-state index contributed by atoms with van der Waals surface area (Å²) in [6.07, 6.45) is 6.62. The van der Waals surface area contributed by atoms with Crippen LogP contribution in [0.15, 0.2) is 24.7 Å². The fourth-order valence-electron chi connectivity index (χ4n) is 4.29. The van der Waals surface area contributed by atoms with Crippen LogP contribution in [0.4, 0.5) is 8.78 Å². The Balaban J connectivity index is 1.43. The van der Waals surface area contributed by atoms with Gasteiger partial charge in [0.15, 0.2) is 11.3 Å². The molecule has 1 aliphatic heterocycles. The predicted octanol–water partition coefficient (Wildman–Crippen LogP) is 2.96. The smallest absolute Gasteiger partial charge is 0.249 e. The van der Waals surface area contributed by atoms with Crippen LogP contribution in [0.25, 0.3) is 16.8 Å². The molecule has 2 fully saturated rings. The number of carbonyl (C=O) groups is 1. The number of imidazole rings is 1. The maximum atomic E-state index is 13.1. The van der Waals surface area contributed by atoms with Crippen LogP contribution in [0.5, 0.6) is 0 Å².